The first-order chi connectivity index (χ1) is 63.3. The summed E-state index contributed by atoms with van der Waals surface area (Å²) in [5.41, 5.74) is 10.7. The summed E-state index contributed by atoms with van der Waals surface area (Å²) in [6.45, 7) is 15.7. The lowest BCUT2D eigenvalue weighted by atomic mass is 9.96. The molecule has 133 heavy (non-hydrogen) atoms. The van der Waals surface area contributed by atoms with Crippen molar-refractivity contribution in [1.82, 2.24) is 0 Å². The lowest BCUT2D eigenvalue weighted by Crippen LogP contribution is -2.06. The minimum Gasteiger partial charge on any atom is -0.508 e. The second kappa shape index (κ2) is 44.3. The lowest BCUT2D eigenvalue weighted by molar-refractivity contribution is 0.102. The number of fused-ring (bicyclic) bond motifs is 6. The molecule has 0 aliphatic heterocycles. The number of benzene rings is 12. The maximum atomic E-state index is 13.2. The quantitative estimate of drug-likeness (QED) is 0.0329. The van der Waals surface area contributed by atoms with Crippen LogP contribution in [0, 0.1) is 44.8 Å². The summed E-state index contributed by atoms with van der Waals surface area (Å²) in [7, 11) is 0. The standard InChI is InChI=1S/C19H16I2O3.C18H14Br2O3.C17H12Br2O4.C17H12I2O3.C16H10I2O3.C16H11IO3/c1-10(2)7-16-17(12-5-3-4-6-15(12)24-16)18(22)11-8-13(20)19(23)14(21)9-11;1-9(2)18-15(11-5-3-4-6-14(11)23-18)16(21)10-7-12(19)17(22)13(20)8-10;1-2-13-15(10-7-9(20)3-4-14(10)23-13)16(21)8-5-11(18)17(22)12(19)6-8;1-2-13-15(10-5-3-4-6-14(10)22-13)16(20)9-7-11(18)17(21)12(19)8-9;1-8-14(10-4-2-3-5-13(10)21-8)15(19)9-6-11(17)16(20)12(18)7-9;1-9-15(11-4-2-3-5-14(11)20-9)16(19)10-6-7-13(18)12(17)8-10/h3-6,8-10,23H,7H2,1-2H3;3-9,22H,1-2H3;3-7,20,22H,2H2,1H3;3-8,21H,2H2,1H3;2-7,20H,1H3;2-8,18H,1H3. The van der Waals surface area contributed by atoms with E-state index in [9.17, 15) is 64.5 Å². The highest BCUT2D eigenvalue weighted by Crippen LogP contribution is 2.43. The Bertz CT molecular complexity index is 7520. The molecule has 6 heterocycles. The average Bonchev–Trinajstić information content (AvgIpc) is 1.64. The molecule has 0 aliphatic rings. The van der Waals surface area contributed by atoms with Crippen molar-refractivity contribution in [3.05, 3.63) is 363 Å². The average molecular weight is 2820 g/mol. The molecule has 30 heteroatoms. The second-order valence-electron chi connectivity index (χ2n) is 30.8. The molecule has 0 saturated carbocycles. The fourth-order valence-electron chi connectivity index (χ4n) is 14.7. The number of para-hydroxylation sites is 5. The van der Waals surface area contributed by atoms with E-state index in [0.29, 0.717) is 191 Å². The van der Waals surface area contributed by atoms with Gasteiger partial charge in [-0.15, -0.1) is 0 Å². The van der Waals surface area contributed by atoms with Gasteiger partial charge in [-0.05, 0) is 369 Å². The predicted molar refractivity (Wildman–Crippen MR) is 589 cm³/mol. The molecule has 0 radical (unpaired) electrons. The molecule has 0 bridgehead atoms. The normalized spacial score (nSPS) is 11.1. The third kappa shape index (κ3) is 22.5. The van der Waals surface area contributed by atoms with Gasteiger partial charge in [-0.1, -0.05) is 133 Å². The number of ketones is 6. The minimum absolute atomic E-state index is 0.0342. The number of aromatic hydroxyl groups is 7. The molecule has 6 aromatic heterocycles. The van der Waals surface area contributed by atoms with Crippen LogP contribution in [0.3, 0.4) is 0 Å². The van der Waals surface area contributed by atoms with Gasteiger partial charge in [0.05, 0.1) is 76.3 Å². The summed E-state index contributed by atoms with van der Waals surface area (Å²) in [5.74, 6) is 4.69. The zero-order valence-corrected chi connectivity index (χ0v) is 92.7. The number of carbonyl (C=O) groups is 6. The van der Waals surface area contributed by atoms with Gasteiger partial charge in [0.1, 0.15) is 108 Å². The van der Waals surface area contributed by atoms with E-state index in [1.165, 1.54) is 18.2 Å². The molecule has 0 fully saturated rings. The Kier molecular flexibility index (Phi) is 34.0. The van der Waals surface area contributed by atoms with Crippen LogP contribution in [-0.4, -0.2) is 70.4 Å². The van der Waals surface area contributed by atoms with E-state index in [1.54, 1.807) is 92.7 Å². The van der Waals surface area contributed by atoms with E-state index in [4.69, 9.17) is 26.5 Å². The Morgan fingerprint density at radius 2 is 0.571 bits per heavy atom. The number of aryl methyl sites for hydroxylation is 4. The van der Waals surface area contributed by atoms with E-state index in [2.05, 4.69) is 77.6 Å². The Morgan fingerprint density at radius 3 is 0.925 bits per heavy atom. The highest BCUT2D eigenvalue weighted by Gasteiger charge is 2.31. The van der Waals surface area contributed by atoms with Gasteiger partial charge in [-0.3, -0.25) is 28.8 Å². The topological polar surface area (TPSA) is 323 Å². The third-order valence-corrected chi connectivity index (χ3v) is 29.2. The Balaban J connectivity index is 0.000000136. The number of halogens is 11. The summed E-state index contributed by atoms with van der Waals surface area (Å²) in [6, 6.07) is 63.9. The number of phenols is 7. The van der Waals surface area contributed by atoms with Crippen LogP contribution in [-0.2, 0) is 19.3 Å². The van der Waals surface area contributed by atoms with Crippen LogP contribution in [0.1, 0.15) is 178 Å². The summed E-state index contributed by atoms with van der Waals surface area (Å²) >= 11 is 27.2. The van der Waals surface area contributed by atoms with Gasteiger partial charge in [0.2, 0.25) is 0 Å². The monoisotopic (exact) mass is 2820 g/mol. The van der Waals surface area contributed by atoms with Crippen molar-refractivity contribution >= 4 is 322 Å². The van der Waals surface area contributed by atoms with Crippen molar-refractivity contribution in [2.75, 3.05) is 0 Å². The highest BCUT2D eigenvalue weighted by atomic mass is 127. The number of hydrogen-bond acceptors (Lipinski definition) is 19. The van der Waals surface area contributed by atoms with Crippen molar-refractivity contribution in [2.24, 2.45) is 5.92 Å². The molecule has 19 nitrogen and oxygen atoms in total. The van der Waals surface area contributed by atoms with Gasteiger partial charge in [-0.25, -0.2) is 0 Å². The van der Waals surface area contributed by atoms with E-state index in [1.807, 2.05) is 307 Å². The van der Waals surface area contributed by atoms with E-state index >= 15 is 0 Å². The maximum Gasteiger partial charge on any atom is 0.197 e. The molecule has 18 rings (SSSR count). The first-order valence-electron chi connectivity index (χ1n) is 40.7. The highest BCUT2D eigenvalue weighted by molar-refractivity contribution is 14.1. The second-order valence-corrected chi connectivity index (χ2v) is 42.4. The minimum atomic E-state index is -0.229. The van der Waals surface area contributed by atoms with E-state index < -0.39 is 0 Å². The number of carbonyl (C=O) groups excluding carboxylic acids is 6. The van der Waals surface area contributed by atoms with Crippen LogP contribution in [0.25, 0.3) is 65.8 Å². The molecule has 0 amide bonds. The van der Waals surface area contributed by atoms with Crippen LogP contribution in [0.5, 0.6) is 40.2 Å². The first-order valence-corrected chi connectivity index (χ1v) is 51.4. The molecule has 0 spiro atoms. The maximum absolute atomic E-state index is 13.2. The van der Waals surface area contributed by atoms with Gasteiger partial charge in [0, 0.05) is 90.9 Å². The van der Waals surface area contributed by atoms with Crippen molar-refractivity contribution in [1.29, 1.82) is 0 Å². The Hall–Kier alpha value is -8.47. The summed E-state index contributed by atoms with van der Waals surface area (Å²) in [6.07, 6.45) is 1.92. The SMILES string of the molecule is CC(C)Cc1oc2ccccc2c1C(=O)c1cc(I)c(O)c(I)c1.CC(C)c1oc2ccccc2c1C(=O)c1cc(Br)c(O)c(Br)c1.CCc1oc2ccc(O)cc2c1C(=O)c1cc(Br)c(O)c(Br)c1.CCc1oc2ccccc2c1C(=O)c1cc(I)c(O)c(I)c1.Cc1oc2ccccc2c1C(=O)c1cc(I)c(O)c(I)c1.Cc1oc2ccccc2c1C(=O)c1ccc(O)c(I)c1. The third-order valence-electron chi connectivity index (χ3n) is 21.0. The van der Waals surface area contributed by atoms with Gasteiger partial charge in [0.25, 0.3) is 0 Å². The Morgan fingerprint density at radius 1 is 0.293 bits per heavy atom. The van der Waals surface area contributed by atoms with Crippen LogP contribution < -0.4 is 0 Å². The van der Waals surface area contributed by atoms with E-state index in [-0.39, 0.29) is 80.9 Å². The molecule has 0 saturated heterocycles. The van der Waals surface area contributed by atoms with Gasteiger partial charge < -0.3 is 62.2 Å². The fraction of sp³-hybridized carbons (Fsp3) is 0.126. The molecule has 0 unspecified atom stereocenters. The predicted octanol–water partition coefficient (Wildman–Crippen LogP) is 31.3. The molecule has 0 aliphatic carbocycles. The largest absolute Gasteiger partial charge is 0.508 e. The van der Waals surface area contributed by atoms with Crippen molar-refractivity contribution in [2.45, 2.75) is 80.6 Å². The molecular weight excluding hydrogens is 2750 g/mol. The van der Waals surface area contributed by atoms with Crippen molar-refractivity contribution in [3.8, 4) is 40.2 Å². The smallest absolute Gasteiger partial charge is 0.197 e. The summed E-state index contributed by atoms with van der Waals surface area (Å²) < 4.78 is 41.1. The number of hydrogen-bond donors (Lipinski definition) is 7. The number of phenolic OH excluding ortho intramolecular Hbond substituents is 7. The molecule has 7 N–H and O–H groups in total. The van der Waals surface area contributed by atoms with Gasteiger partial charge >= 0.3 is 0 Å². The van der Waals surface area contributed by atoms with Crippen LogP contribution in [0.15, 0.2) is 263 Å². The molecule has 12 aromatic carbocycles. The summed E-state index contributed by atoms with van der Waals surface area (Å²) in [4.78, 5) is 77.7. The van der Waals surface area contributed by atoms with Gasteiger partial charge in [-0.2, -0.15) is 0 Å². The zero-order chi connectivity index (χ0) is 96.2. The van der Waals surface area contributed by atoms with Gasteiger partial charge in [0.15, 0.2) is 34.7 Å². The lowest BCUT2D eigenvalue weighted by Gasteiger charge is -2.08. The first kappa shape index (κ1) is 102. The number of furan rings is 6. The summed E-state index contributed by atoms with van der Waals surface area (Å²) in [5, 5.41) is 73.2. The fourth-order valence-corrected chi connectivity index (χ4v) is 22.9. The molecule has 18 aromatic rings. The molecular formula is C103H75Br4I7O19. The van der Waals surface area contributed by atoms with Crippen molar-refractivity contribution < 1.29 is 91.0 Å². The Labute approximate surface area is 891 Å². The van der Waals surface area contributed by atoms with Crippen LogP contribution in [0.4, 0.5) is 0 Å². The van der Waals surface area contributed by atoms with Crippen molar-refractivity contribution in [3.63, 3.8) is 0 Å². The van der Waals surface area contributed by atoms with Crippen LogP contribution in [0.2, 0.25) is 0 Å². The van der Waals surface area contributed by atoms with E-state index in [0.717, 1.165) is 43.9 Å². The van der Waals surface area contributed by atoms with Crippen LogP contribution >= 0.6 is 222 Å². The zero-order valence-electron chi connectivity index (χ0n) is 71.2. The number of rotatable bonds is 17. The molecule has 0 atom stereocenters. The molecule has 678 valence electrons.